The number of benzene rings is 1. The maximum absolute atomic E-state index is 13.0. The number of fused-ring (bicyclic) bond motifs is 4. The molecule has 2 N–H and O–H groups in total. The van der Waals surface area contributed by atoms with Gasteiger partial charge in [-0.05, 0) is 18.7 Å². The second-order valence-electron chi connectivity index (χ2n) is 7.08. The number of nitro benzene ring substituents is 1. The summed E-state index contributed by atoms with van der Waals surface area (Å²) in [4.78, 5) is 40.8. The van der Waals surface area contributed by atoms with E-state index < -0.39 is 22.2 Å². The fourth-order valence-corrected chi connectivity index (χ4v) is 4.25. The molecule has 1 aromatic rings. The first-order valence-corrected chi connectivity index (χ1v) is 8.37. The number of piperazine rings is 1. The predicted octanol–water partition coefficient (Wildman–Crippen LogP) is -0.0251. The highest BCUT2D eigenvalue weighted by molar-refractivity contribution is 6.10. The molecule has 2 saturated heterocycles. The van der Waals surface area contributed by atoms with Gasteiger partial charge < -0.3 is 20.4 Å². The van der Waals surface area contributed by atoms with E-state index in [1.807, 2.05) is 11.9 Å². The molecule has 0 radical (unpaired) electrons. The standard InChI is InChI=1S/C17H19N5O4/c1-10-18-15(23)17(16(24)19-10)8-11-7-12(22(25)26)3-4-13(11)21-6-5-20(2)9-14(17)21/h3-4,7,14H,1,5-6,8-9H2,2H3,(H,18,23)(H,19,24)/t14-/m0/s1. The van der Waals surface area contributed by atoms with Gasteiger partial charge in [0.2, 0.25) is 11.8 Å². The zero-order valence-electron chi connectivity index (χ0n) is 14.3. The number of carbonyl (C=O) groups excluding carboxylic acids is 2. The first-order valence-electron chi connectivity index (χ1n) is 8.37. The summed E-state index contributed by atoms with van der Waals surface area (Å²) < 4.78 is 0. The lowest BCUT2D eigenvalue weighted by Crippen LogP contribution is -2.72. The monoisotopic (exact) mass is 357 g/mol. The third-order valence-electron chi connectivity index (χ3n) is 5.54. The lowest BCUT2D eigenvalue weighted by molar-refractivity contribution is -0.384. The zero-order chi connectivity index (χ0) is 18.6. The Labute approximate surface area is 149 Å². The normalized spacial score (nSPS) is 24.6. The lowest BCUT2D eigenvalue weighted by Gasteiger charge is -2.54. The Morgan fingerprint density at radius 2 is 1.96 bits per heavy atom. The smallest absolute Gasteiger partial charge is 0.269 e. The van der Waals surface area contributed by atoms with Crippen molar-refractivity contribution < 1.29 is 14.5 Å². The van der Waals surface area contributed by atoms with Crippen LogP contribution >= 0.6 is 0 Å². The second-order valence-corrected chi connectivity index (χ2v) is 7.08. The molecule has 1 spiro atoms. The number of amides is 2. The molecule has 0 unspecified atom stereocenters. The Kier molecular flexibility index (Phi) is 3.52. The van der Waals surface area contributed by atoms with Crippen LogP contribution < -0.4 is 15.5 Å². The average Bonchev–Trinajstić information content (AvgIpc) is 2.58. The third-order valence-corrected chi connectivity index (χ3v) is 5.54. The molecule has 2 amide bonds. The van der Waals surface area contributed by atoms with Crippen LogP contribution in [0.1, 0.15) is 5.56 Å². The molecule has 3 aliphatic heterocycles. The molecule has 1 aromatic carbocycles. The van der Waals surface area contributed by atoms with E-state index >= 15 is 0 Å². The van der Waals surface area contributed by atoms with E-state index in [1.54, 1.807) is 6.07 Å². The number of hydrogen-bond donors (Lipinski definition) is 2. The molecule has 3 heterocycles. The van der Waals surface area contributed by atoms with Gasteiger partial charge in [0.15, 0.2) is 5.41 Å². The SMILES string of the molecule is C=C1NC(=O)C2(Cc3cc([N+](=O)[O-])ccc3N3CCN(C)C[C@H]32)C(=O)N1. The van der Waals surface area contributed by atoms with Gasteiger partial charge in [-0.15, -0.1) is 0 Å². The summed E-state index contributed by atoms with van der Waals surface area (Å²) in [5.74, 6) is -0.659. The zero-order valence-corrected chi connectivity index (χ0v) is 14.3. The van der Waals surface area contributed by atoms with Gasteiger partial charge in [0.1, 0.15) is 5.82 Å². The van der Waals surface area contributed by atoms with Crippen LogP contribution in [0, 0.1) is 15.5 Å². The maximum atomic E-state index is 13.0. The summed E-state index contributed by atoms with van der Waals surface area (Å²) in [5, 5.41) is 16.5. The van der Waals surface area contributed by atoms with E-state index in [0.29, 0.717) is 18.7 Å². The number of carbonyl (C=O) groups is 2. The largest absolute Gasteiger partial charge is 0.364 e. The summed E-state index contributed by atoms with van der Waals surface area (Å²) in [7, 11) is 1.95. The highest BCUT2D eigenvalue weighted by Crippen LogP contribution is 2.45. The van der Waals surface area contributed by atoms with E-state index in [-0.39, 0.29) is 24.0 Å². The summed E-state index contributed by atoms with van der Waals surface area (Å²) in [6, 6.07) is 4.30. The van der Waals surface area contributed by atoms with Crippen molar-refractivity contribution in [3.63, 3.8) is 0 Å². The van der Waals surface area contributed by atoms with E-state index in [0.717, 1.165) is 12.2 Å². The van der Waals surface area contributed by atoms with Gasteiger partial charge in [0, 0.05) is 43.9 Å². The second kappa shape index (κ2) is 5.53. The average molecular weight is 357 g/mol. The van der Waals surface area contributed by atoms with Gasteiger partial charge >= 0.3 is 0 Å². The van der Waals surface area contributed by atoms with E-state index in [4.69, 9.17) is 0 Å². The summed E-state index contributed by atoms with van der Waals surface area (Å²) in [6.07, 6.45) is 0.115. The maximum Gasteiger partial charge on any atom is 0.269 e. The van der Waals surface area contributed by atoms with Crippen molar-refractivity contribution >= 4 is 23.2 Å². The summed E-state index contributed by atoms with van der Waals surface area (Å²) in [5.41, 5.74) is 0.0904. The van der Waals surface area contributed by atoms with Crippen LogP contribution in [-0.4, -0.2) is 54.4 Å². The van der Waals surface area contributed by atoms with Gasteiger partial charge in [-0.2, -0.15) is 0 Å². The molecule has 26 heavy (non-hydrogen) atoms. The molecular formula is C17H19N5O4. The molecule has 3 aliphatic rings. The molecule has 4 rings (SSSR count). The van der Waals surface area contributed by atoms with Crippen LogP contribution in [0.3, 0.4) is 0 Å². The number of nitrogens with one attached hydrogen (secondary N) is 2. The van der Waals surface area contributed by atoms with Gasteiger partial charge in [-0.25, -0.2) is 0 Å². The van der Waals surface area contributed by atoms with Crippen LogP contribution in [0.15, 0.2) is 30.6 Å². The minimum atomic E-state index is -1.35. The molecule has 0 saturated carbocycles. The van der Waals surface area contributed by atoms with Crippen LogP contribution in [0.2, 0.25) is 0 Å². The van der Waals surface area contributed by atoms with Crippen molar-refractivity contribution in [1.82, 2.24) is 15.5 Å². The van der Waals surface area contributed by atoms with Crippen LogP contribution in [0.25, 0.3) is 0 Å². The number of non-ortho nitro benzene ring substituents is 1. The predicted molar refractivity (Wildman–Crippen MR) is 93.3 cm³/mol. The van der Waals surface area contributed by atoms with Crippen LogP contribution in [-0.2, 0) is 16.0 Å². The summed E-state index contributed by atoms with van der Waals surface area (Å²) in [6.45, 7) is 5.57. The van der Waals surface area contributed by atoms with Crippen molar-refractivity contribution in [1.29, 1.82) is 0 Å². The molecule has 136 valence electrons. The highest BCUT2D eigenvalue weighted by Gasteiger charge is 2.59. The first kappa shape index (κ1) is 16.5. The Bertz CT molecular complexity index is 832. The Morgan fingerprint density at radius 1 is 1.27 bits per heavy atom. The van der Waals surface area contributed by atoms with E-state index in [2.05, 4.69) is 22.1 Å². The van der Waals surface area contributed by atoms with Gasteiger partial charge in [-0.1, -0.05) is 6.58 Å². The fraction of sp³-hybridized carbons (Fsp3) is 0.412. The Balaban J connectivity index is 1.88. The van der Waals surface area contributed by atoms with Crippen LogP contribution in [0.5, 0.6) is 0 Å². The minimum Gasteiger partial charge on any atom is -0.364 e. The minimum absolute atomic E-state index is 0.0486. The third kappa shape index (κ3) is 2.20. The topological polar surface area (TPSA) is 108 Å². The van der Waals surface area contributed by atoms with Crippen molar-refractivity contribution in [2.24, 2.45) is 5.41 Å². The van der Waals surface area contributed by atoms with Gasteiger partial charge in [-0.3, -0.25) is 19.7 Å². The van der Waals surface area contributed by atoms with Gasteiger partial charge in [0.05, 0.1) is 11.0 Å². The fourth-order valence-electron chi connectivity index (χ4n) is 4.25. The molecule has 9 nitrogen and oxygen atoms in total. The molecular weight excluding hydrogens is 338 g/mol. The van der Waals surface area contributed by atoms with Crippen molar-refractivity contribution in [2.75, 3.05) is 31.6 Å². The quantitative estimate of drug-likeness (QED) is 0.415. The molecule has 0 bridgehead atoms. The molecule has 9 heteroatoms. The number of nitrogens with zero attached hydrogens (tertiary/aromatic N) is 3. The molecule has 0 aliphatic carbocycles. The lowest BCUT2D eigenvalue weighted by atomic mass is 9.68. The van der Waals surface area contributed by atoms with Crippen molar-refractivity contribution in [3.05, 3.63) is 46.3 Å². The Morgan fingerprint density at radius 3 is 2.62 bits per heavy atom. The van der Waals surface area contributed by atoms with Crippen molar-refractivity contribution in [3.8, 4) is 0 Å². The number of hydrogen-bond acceptors (Lipinski definition) is 6. The van der Waals surface area contributed by atoms with Crippen LogP contribution in [0.4, 0.5) is 11.4 Å². The Hall–Kier alpha value is -2.94. The van der Waals surface area contributed by atoms with Gasteiger partial charge in [0.25, 0.3) is 5.69 Å². The number of rotatable bonds is 1. The number of likely N-dealkylation sites (N-methyl/N-ethyl adjacent to an activating group) is 1. The molecule has 1 atom stereocenters. The summed E-state index contributed by atoms with van der Waals surface area (Å²) >= 11 is 0. The number of nitro groups is 1. The first-order chi connectivity index (χ1) is 12.3. The number of anilines is 1. The van der Waals surface area contributed by atoms with E-state index in [9.17, 15) is 19.7 Å². The van der Waals surface area contributed by atoms with E-state index in [1.165, 1.54) is 12.1 Å². The van der Waals surface area contributed by atoms with Crippen molar-refractivity contribution in [2.45, 2.75) is 12.5 Å². The highest BCUT2D eigenvalue weighted by atomic mass is 16.6. The molecule has 0 aromatic heterocycles. The molecule has 2 fully saturated rings.